The molecule has 0 radical (unpaired) electrons. The maximum absolute atomic E-state index is 10.6. The summed E-state index contributed by atoms with van der Waals surface area (Å²) in [7, 11) is 3.12. The molecule has 2 N–H and O–H groups in total. The summed E-state index contributed by atoms with van der Waals surface area (Å²) in [5.41, 5.74) is -0.164. The number of methoxy groups -OCH3 is 1. The van der Waals surface area contributed by atoms with Gasteiger partial charge in [0.2, 0.25) is 0 Å². The molecule has 0 amide bonds. The number of aromatic nitrogens is 1. The first-order valence-corrected chi connectivity index (χ1v) is 4.61. The number of anilines is 1. The third kappa shape index (κ3) is 3.21. The zero-order chi connectivity index (χ0) is 12.1. The highest BCUT2D eigenvalue weighted by Crippen LogP contribution is 2.12. The number of rotatable bonds is 6. The van der Waals surface area contributed by atoms with Gasteiger partial charge < -0.3 is 24.3 Å². The highest BCUT2D eigenvalue weighted by Gasteiger charge is 2.15. The van der Waals surface area contributed by atoms with Gasteiger partial charge in [0, 0.05) is 14.2 Å². The Bertz CT molecular complexity index is 351. The van der Waals surface area contributed by atoms with E-state index in [0.29, 0.717) is 0 Å². The number of likely N-dealkylation sites (N-methyl/N-ethyl adjacent to an activating group) is 1. The second kappa shape index (κ2) is 5.47. The molecule has 7 heteroatoms. The topological polar surface area (TPSA) is 96.0 Å². The molecule has 1 rings (SSSR count). The number of aliphatic hydroxyl groups is 1. The Morgan fingerprint density at radius 1 is 1.75 bits per heavy atom. The van der Waals surface area contributed by atoms with Crippen molar-refractivity contribution in [3.8, 4) is 0 Å². The van der Waals surface area contributed by atoms with Crippen LogP contribution in [-0.4, -0.2) is 54.6 Å². The van der Waals surface area contributed by atoms with Gasteiger partial charge in [0.15, 0.2) is 5.69 Å². The number of aromatic carboxylic acids is 1. The lowest BCUT2D eigenvalue weighted by atomic mass is 10.3. The van der Waals surface area contributed by atoms with Gasteiger partial charge in [-0.2, -0.15) is 4.98 Å². The van der Waals surface area contributed by atoms with Crippen LogP contribution in [0, 0.1) is 0 Å². The maximum atomic E-state index is 10.6. The zero-order valence-corrected chi connectivity index (χ0v) is 9.08. The van der Waals surface area contributed by atoms with E-state index in [-0.39, 0.29) is 24.9 Å². The number of carbonyl (C=O) groups is 1. The van der Waals surface area contributed by atoms with Crippen molar-refractivity contribution in [3.63, 3.8) is 0 Å². The first kappa shape index (κ1) is 12.5. The molecule has 7 nitrogen and oxygen atoms in total. The van der Waals surface area contributed by atoms with Gasteiger partial charge >= 0.3 is 5.97 Å². The average Bonchev–Trinajstić information content (AvgIpc) is 2.66. The van der Waals surface area contributed by atoms with Crippen LogP contribution in [0.1, 0.15) is 10.5 Å². The highest BCUT2D eigenvalue weighted by molar-refractivity contribution is 5.85. The molecule has 0 aliphatic rings. The lowest BCUT2D eigenvalue weighted by Crippen LogP contribution is -2.32. The summed E-state index contributed by atoms with van der Waals surface area (Å²) in [6.45, 7) is 0.435. The normalized spacial score (nSPS) is 12.4. The van der Waals surface area contributed by atoms with E-state index in [4.69, 9.17) is 14.3 Å². The molecule has 0 aliphatic heterocycles. The molecule has 0 aliphatic carbocycles. The van der Waals surface area contributed by atoms with Crippen molar-refractivity contribution in [1.29, 1.82) is 0 Å². The van der Waals surface area contributed by atoms with E-state index >= 15 is 0 Å². The second-order valence-electron chi connectivity index (χ2n) is 3.31. The van der Waals surface area contributed by atoms with E-state index < -0.39 is 12.1 Å². The molecule has 1 heterocycles. The van der Waals surface area contributed by atoms with Crippen molar-refractivity contribution < 1.29 is 24.2 Å². The molecule has 1 atom stereocenters. The highest BCUT2D eigenvalue weighted by atomic mass is 16.5. The van der Waals surface area contributed by atoms with Crippen LogP contribution in [0.15, 0.2) is 10.7 Å². The van der Waals surface area contributed by atoms with Crippen molar-refractivity contribution >= 4 is 12.0 Å². The Hall–Kier alpha value is -1.60. The molecular formula is C9H14N2O5. The van der Waals surface area contributed by atoms with Crippen LogP contribution < -0.4 is 4.90 Å². The van der Waals surface area contributed by atoms with E-state index in [1.165, 1.54) is 12.0 Å². The van der Waals surface area contributed by atoms with Gasteiger partial charge in [-0.1, -0.05) is 0 Å². The lowest BCUT2D eigenvalue weighted by Gasteiger charge is -2.17. The lowest BCUT2D eigenvalue weighted by molar-refractivity contribution is 0.0689. The van der Waals surface area contributed by atoms with Gasteiger partial charge in [-0.05, 0) is 0 Å². The SMILES string of the molecule is COCC(O)CN(C)c1nc(C(=O)O)co1. The van der Waals surface area contributed by atoms with Gasteiger partial charge in [0.25, 0.3) is 6.01 Å². The summed E-state index contributed by atoms with van der Waals surface area (Å²) in [4.78, 5) is 15.8. The number of aliphatic hydroxyl groups excluding tert-OH is 1. The largest absolute Gasteiger partial charge is 0.476 e. The van der Waals surface area contributed by atoms with Gasteiger partial charge in [-0.25, -0.2) is 4.79 Å². The molecular weight excluding hydrogens is 216 g/mol. The van der Waals surface area contributed by atoms with Crippen molar-refractivity contribution in [1.82, 2.24) is 4.98 Å². The van der Waals surface area contributed by atoms with Crippen LogP contribution in [0.4, 0.5) is 6.01 Å². The average molecular weight is 230 g/mol. The second-order valence-corrected chi connectivity index (χ2v) is 3.31. The monoisotopic (exact) mass is 230 g/mol. The summed E-state index contributed by atoms with van der Waals surface area (Å²) in [6.07, 6.45) is 0.367. The number of hydrogen-bond donors (Lipinski definition) is 2. The number of ether oxygens (including phenoxy) is 1. The van der Waals surface area contributed by atoms with Crippen molar-refractivity contribution in [3.05, 3.63) is 12.0 Å². The minimum absolute atomic E-state index is 0.146. The summed E-state index contributed by atoms with van der Waals surface area (Å²) < 4.78 is 9.71. The van der Waals surface area contributed by atoms with E-state index in [1.54, 1.807) is 7.05 Å². The molecule has 0 saturated carbocycles. The van der Waals surface area contributed by atoms with Crippen LogP contribution in [0.2, 0.25) is 0 Å². The van der Waals surface area contributed by atoms with Crippen LogP contribution in [-0.2, 0) is 4.74 Å². The predicted octanol–water partition coefficient (Wildman–Crippen LogP) is -0.184. The number of nitrogens with zero attached hydrogens (tertiary/aromatic N) is 2. The van der Waals surface area contributed by atoms with Gasteiger partial charge in [-0.3, -0.25) is 0 Å². The molecule has 1 aromatic heterocycles. The molecule has 0 spiro atoms. The minimum Gasteiger partial charge on any atom is -0.476 e. The summed E-state index contributed by atoms with van der Waals surface area (Å²) in [5, 5.41) is 18.1. The predicted molar refractivity (Wildman–Crippen MR) is 54.6 cm³/mol. The molecule has 16 heavy (non-hydrogen) atoms. The molecule has 0 aromatic carbocycles. The van der Waals surface area contributed by atoms with Crippen LogP contribution in [0.5, 0.6) is 0 Å². The number of carboxylic acids is 1. The standard InChI is InChI=1S/C9H14N2O5/c1-11(3-6(12)4-15-2)9-10-7(5-16-9)8(13)14/h5-6,12H,3-4H2,1-2H3,(H,13,14). The number of hydrogen-bond acceptors (Lipinski definition) is 6. The van der Waals surface area contributed by atoms with Crippen molar-refractivity contribution in [2.75, 3.05) is 32.2 Å². The van der Waals surface area contributed by atoms with Gasteiger partial charge in [-0.15, -0.1) is 0 Å². The summed E-state index contributed by atoms with van der Waals surface area (Å²) in [6, 6.07) is 0.146. The quantitative estimate of drug-likeness (QED) is 0.699. The Morgan fingerprint density at radius 2 is 2.44 bits per heavy atom. The Morgan fingerprint density at radius 3 is 2.94 bits per heavy atom. The first-order valence-electron chi connectivity index (χ1n) is 4.61. The van der Waals surface area contributed by atoms with E-state index in [1.807, 2.05) is 0 Å². The van der Waals surface area contributed by atoms with Gasteiger partial charge in [0.05, 0.1) is 19.3 Å². The molecule has 0 bridgehead atoms. The smallest absolute Gasteiger partial charge is 0.357 e. The van der Waals surface area contributed by atoms with E-state index in [9.17, 15) is 9.90 Å². The third-order valence-electron chi connectivity index (χ3n) is 1.88. The number of carboxylic acid groups (broad SMARTS) is 1. The van der Waals surface area contributed by atoms with Gasteiger partial charge in [0.1, 0.15) is 6.26 Å². The molecule has 90 valence electrons. The van der Waals surface area contributed by atoms with Crippen LogP contribution in [0.3, 0.4) is 0 Å². The first-order chi connectivity index (χ1) is 7.54. The Kier molecular flexibility index (Phi) is 4.27. The molecule has 1 unspecified atom stereocenters. The van der Waals surface area contributed by atoms with E-state index in [0.717, 1.165) is 6.26 Å². The minimum atomic E-state index is -1.15. The fourth-order valence-electron chi connectivity index (χ4n) is 1.18. The third-order valence-corrected chi connectivity index (χ3v) is 1.88. The maximum Gasteiger partial charge on any atom is 0.357 e. The summed E-state index contributed by atoms with van der Waals surface area (Å²) in [5.74, 6) is -1.15. The summed E-state index contributed by atoms with van der Waals surface area (Å²) >= 11 is 0. The number of oxazole rings is 1. The van der Waals surface area contributed by atoms with Crippen molar-refractivity contribution in [2.45, 2.75) is 6.10 Å². The molecule has 1 aromatic rings. The fraction of sp³-hybridized carbons (Fsp3) is 0.556. The Balaban J connectivity index is 2.58. The molecule has 0 fully saturated rings. The zero-order valence-electron chi connectivity index (χ0n) is 9.08. The van der Waals surface area contributed by atoms with Crippen LogP contribution >= 0.6 is 0 Å². The van der Waals surface area contributed by atoms with Crippen molar-refractivity contribution in [2.24, 2.45) is 0 Å². The Labute approximate surface area is 92.3 Å². The molecule has 0 saturated heterocycles. The van der Waals surface area contributed by atoms with E-state index in [2.05, 4.69) is 4.98 Å². The fourth-order valence-corrected chi connectivity index (χ4v) is 1.18. The van der Waals surface area contributed by atoms with Crippen LogP contribution in [0.25, 0.3) is 0 Å².